The monoisotopic (exact) mass is 475 g/mol. The van der Waals surface area contributed by atoms with Crippen LogP contribution in [-0.2, 0) is 11.3 Å². The fraction of sp³-hybridized carbons (Fsp3) is 0.200. The number of para-hydroxylation sites is 1. The number of hydrogen-bond donors (Lipinski definition) is 1. The average Bonchev–Trinajstić information content (AvgIpc) is 3.50. The largest absolute Gasteiger partial charge is 0.467 e. The number of hydrazone groups is 1. The zero-order valence-corrected chi connectivity index (χ0v) is 19.2. The van der Waals surface area contributed by atoms with Crippen LogP contribution in [0.15, 0.2) is 81.2 Å². The molecule has 34 heavy (non-hydrogen) atoms. The Morgan fingerprint density at radius 3 is 2.74 bits per heavy atom. The third-order valence-electron chi connectivity index (χ3n) is 5.70. The number of nitrogens with one attached hydrogen (secondary N) is 1. The highest BCUT2D eigenvalue weighted by Crippen LogP contribution is 2.33. The molecule has 0 bridgehead atoms. The Morgan fingerprint density at radius 1 is 1.18 bits per heavy atom. The number of amides is 1. The molecule has 1 atom stereocenters. The summed E-state index contributed by atoms with van der Waals surface area (Å²) in [4.78, 5) is 34.8. The van der Waals surface area contributed by atoms with Gasteiger partial charge in [0, 0.05) is 11.4 Å². The fourth-order valence-electron chi connectivity index (χ4n) is 4.08. The zero-order valence-electron chi connectivity index (χ0n) is 18.4. The van der Waals surface area contributed by atoms with E-state index < -0.39 is 0 Å². The molecule has 0 saturated heterocycles. The molecule has 9 heteroatoms. The van der Waals surface area contributed by atoms with Crippen LogP contribution in [-0.4, -0.2) is 45.1 Å². The van der Waals surface area contributed by atoms with Crippen LogP contribution >= 0.6 is 11.6 Å². The summed E-state index contributed by atoms with van der Waals surface area (Å²) in [5.74, 6) is 0.980. The minimum atomic E-state index is -0.333. The number of benzene rings is 2. The Bertz CT molecular complexity index is 1410. The molecule has 0 aliphatic carbocycles. The van der Waals surface area contributed by atoms with E-state index in [1.165, 1.54) is 5.01 Å². The maximum absolute atomic E-state index is 13.3. The first-order valence-corrected chi connectivity index (χ1v) is 11.2. The van der Waals surface area contributed by atoms with Gasteiger partial charge in [-0.3, -0.25) is 14.5 Å². The molecule has 0 spiro atoms. The van der Waals surface area contributed by atoms with Gasteiger partial charge in [0.25, 0.3) is 11.5 Å². The van der Waals surface area contributed by atoms with Gasteiger partial charge in [0.1, 0.15) is 17.6 Å². The Kier molecular flexibility index (Phi) is 6.00. The molecule has 0 unspecified atom stereocenters. The Hall–Kier alpha value is -3.75. The lowest BCUT2D eigenvalue weighted by atomic mass is 10.0. The van der Waals surface area contributed by atoms with Crippen molar-refractivity contribution in [1.82, 2.24) is 19.9 Å². The van der Waals surface area contributed by atoms with Crippen molar-refractivity contribution in [1.29, 1.82) is 0 Å². The highest BCUT2D eigenvalue weighted by atomic mass is 35.5. The van der Waals surface area contributed by atoms with Crippen molar-refractivity contribution < 1.29 is 9.21 Å². The van der Waals surface area contributed by atoms with E-state index in [9.17, 15) is 9.59 Å². The van der Waals surface area contributed by atoms with Crippen molar-refractivity contribution in [3.63, 3.8) is 0 Å². The molecule has 8 nitrogen and oxygen atoms in total. The number of hydrogen-bond acceptors (Lipinski definition) is 6. The number of aromatic nitrogens is 2. The van der Waals surface area contributed by atoms with Gasteiger partial charge < -0.3 is 9.40 Å². The number of aromatic amines is 1. The van der Waals surface area contributed by atoms with Crippen LogP contribution < -0.4 is 5.56 Å². The van der Waals surface area contributed by atoms with Gasteiger partial charge in [0.15, 0.2) is 0 Å². The predicted molar refractivity (Wildman–Crippen MR) is 130 cm³/mol. The molecule has 1 amide bonds. The maximum Gasteiger partial charge on any atom is 0.258 e. The summed E-state index contributed by atoms with van der Waals surface area (Å²) in [7, 11) is 1.80. The third-order valence-corrected chi connectivity index (χ3v) is 5.95. The molecule has 1 aliphatic rings. The lowest BCUT2D eigenvalue weighted by Gasteiger charge is -2.23. The van der Waals surface area contributed by atoms with Gasteiger partial charge >= 0.3 is 0 Å². The van der Waals surface area contributed by atoms with Crippen molar-refractivity contribution in [2.75, 3.05) is 13.6 Å². The van der Waals surface area contributed by atoms with Gasteiger partial charge in [-0.25, -0.2) is 9.99 Å². The summed E-state index contributed by atoms with van der Waals surface area (Å²) < 4.78 is 5.60. The van der Waals surface area contributed by atoms with Crippen LogP contribution in [0.2, 0.25) is 5.02 Å². The first-order valence-electron chi connectivity index (χ1n) is 10.8. The summed E-state index contributed by atoms with van der Waals surface area (Å²) >= 11 is 6.02. The number of nitrogens with zero attached hydrogens (tertiary/aromatic N) is 4. The van der Waals surface area contributed by atoms with Crippen molar-refractivity contribution in [2.24, 2.45) is 5.10 Å². The molecule has 2 aromatic heterocycles. The summed E-state index contributed by atoms with van der Waals surface area (Å²) in [5, 5.41) is 7.29. The standard InChI is InChI=1S/C25H22ClN5O3/c1-30(14-23-27-19-6-3-2-5-18(19)25(33)28-23)15-24(32)31-21(22-7-4-12-34-22)13-20(29-31)16-8-10-17(26)11-9-16/h2-12,21H,13-15H2,1H3,(H,27,28,33)/t21-/m1/s1. The molecule has 1 aliphatic heterocycles. The number of rotatable bonds is 6. The topological polar surface area (TPSA) is 94.8 Å². The van der Waals surface area contributed by atoms with E-state index in [0.717, 1.165) is 11.3 Å². The van der Waals surface area contributed by atoms with Gasteiger partial charge in [-0.2, -0.15) is 5.10 Å². The molecule has 0 saturated carbocycles. The Balaban J connectivity index is 1.35. The van der Waals surface area contributed by atoms with Gasteiger partial charge in [0.2, 0.25) is 0 Å². The number of fused-ring (bicyclic) bond motifs is 1. The molecule has 5 rings (SSSR count). The van der Waals surface area contributed by atoms with Crippen LogP contribution in [0.4, 0.5) is 0 Å². The smallest absolute Gasteiger partial charge is 0.258 e. The third kappa shape index (κ3) is 4.50. The Morgan fingerprint density at radius 2 is 1.97 bits per heavy atom. The Labute approximate surface area is 200 Å². The molecular weight excluding hydrogens is 454 g/mol. The summed E-state index contributed by atoms with van der Waals surface area (Å²) in [6.07, 6.45) is 2.12. The highest BCUT2D eigenvalue weighted by Gasteiger charge is 2.35. The van der Waals surface area contributed by atoms with Crippen LogP contribution in [0.25, 0.3) is 10.9 Å². The second kappa shape index (κ2) is 9.24. The summed E-state index contributed by atoms with van der Waals surface area (Å²) in [6.45, 7) is 0.393. The number of carbonyl (C=O) groups is 1. The van der Waals surface area contributed by atoms with Crippen LogP contribution in [0.5, 0.6) is 0 Å². The maximum atomic E-state index is 13.3. The first kappa shape index (κ1) is 22.1. The van der Waals surface area contributed by atoms with E-state index in [4.69, 9.17) is 16.0 Å². The van der Waals surface area contributed by atoms with E-state index in [1.807, 2.05) is 24.3 Å². The minimum Gasteiger partial charge on any atom is -0.467 e. The number of likely N-dealkylation sites (N-methyl/N-ethyl adjacent to an activating group) is 1. The molecule has 0 radical (unpaired) electrons. The zero-order chi connectivity index (χ0) is 23.7. The lowest BCUT2D eigenvalue weighted by molar-refractivity contribution is -0.134. The van der Waals surface area contributed by atoms with Crippen LogP contribution in [0.3, 0.4) is 0 Å². The van der Waals surface area contributed by atoms with Crippen molar-refractivity contribution >= 4 is 34.1 Å². The number of halogens is 1. The highest BCUT2D eigenvalue weighted by molar-refractivity contribution is 6.30. The number of furan rings is 1. The quantitative estimate of drug-likeness (QED) is 0.455. The van der Waals surface area contributed by atoms with Gasteiger partial charge in [-0.15, -0.1) is 0 Å². The molecule has 1 N–H and O–H groups in total. The minimum absolute atomic E-state index is 0.0884. The van der Waals surface area contributed by atoms with E-state index in [-0.39, 0.29) is 24.1 Å². The average molecular weight is 476 g/mol. The van der Waals surface area contributed by atoms with Crippen molar-refractivity contribution in [3.8, 4) is 0 Å². The first-order chi connectivity index (χ1) is 16.5. The van der Waals surface area contributed by atoms with E-state index in [0.29, 0.717) is 40.5 Å². The van der Waals surface area contributed by atoms with E-state index in [1.54, 1.807) is 54.6 Å². The second-order valence-electron chi connectivity index (χ2n) is 8.23. The summed E-state index contributed by atoms with van der Waals surface area (Å²) in [5.41, 5.74) is 2.11. The summed E-state index contributed by atoms with van der Waals surface area (Å²) in [6, 6.07) is 17.9. The molecule has 172 valence electrons. The predicted octanol–water partition coefficient (Wildman–Crippen LogP) is 3.98. The van der Waals surface area contributed by atoms with E-state index >= 15 is 0 Å². The van der Waals surface area contributed by atoms with Crippen LogP contribution in [0.1, 0.15) is 29.6 Å². The second-order valence-corrected chi connectivity index (χ2v) is 8.67. The van der Waals surface area contributed by atoms with Crippen molar-refractivity contribution in [3.05, 3.63) is 99.5 Å². The van der Waals surface area contributed by atoms with Gasteiger partial charge in [-0.1, -0.05) is 35.9 Å². The SMILES string of the molecule is CN(CC(=O)N1N=C(c2ccc(Cl)cc2)C[C@@H]1c1ccco1)Cc1nc2ccccc2c(=O)[nH]1. The molecular formula is C25H22ClN5O3. The van der Waals surface area contributed by atoms with Gasteiger partial charge in [-0.05, 0) is 49.0 Å². The molecule has 2 aromatic carbocycles. The van der Waals surface area contributed by atoms with Gasteiger partial charge in [0.05, 0.1) is 36.0 Å². The molecule has 4 aromatic rings. The normalized spacial score (nSPS) is 15.8. The number of H-pyrrole nitrogens is 1. The van der Waals surface area contributed by atoms with E-state index in [2.05, 4.69) is 15.1 Å². The van der Waals surface area contributed by atoms with Crippen LogP contribution in [0, 0.1) is 0 Å². The molecule has 3 heterocycles. The fourth-order valence-corrected chi connectivity index (χ4v) is 4.21. The lowest BCUT2D eigenvalue weighted by Crippen LogP contribution is -2.36. The van der Waals surface area contributed by atoms with Crippen molar-refractivity contribution in [2.45, 2.75) is 19.0 Å². The molecule has 0 fully saturated rings. The number of carbonyl (C=O) groups excluding carboxylic acids is 1.